The third kappa shape index (κ3) is 2.82. The molecule has 1 aromatic carbocycles. The Balaban J connectivity index is 1.70. The van der Waals surface area contributed by atoms with Crippen LogP contribution in [0.3, 0.4) is 0 Å². The number of rotatable bonds is 3. The van der Waals surface area contributed by atoms with E-state index >= 15 is 0 Å². The molecule has 0 bridgehead atoms. The Labute approximate surface area is 142 Å². The highest BCUT2D eigenvalue weighted by Crippen LogP contribution is 2.31. The fraction of sp³-hybridized carbons (Fsp3) is 0.176. The van der Waals surface area contributed by atoms with Crippen LogP contribution in [0.2, 0.25) is 0 Å². The van der Waals surface area contributed by atoms with Gasteiger partial charge < -0.3 is 5.32 Å². The Kier molecular flexibility index (Phi) is 3.86. The molecule has 0 aliphatic heterocycles. The summed E-state index contributed by atoms with van der Waals surface area (Å²) in [4.78, 5) is 17.9. The van der Waals surface area contributed by atoms with E-state index in [1.54, 1.807) is 12.1 Å². The molecule has 120 valence electrons. The number of thioether (sulfide) groups is 1. The summed E-state index contributed by atoms with van der Waals surface area (Å²) in [6.45, 7) is 0. The lowest BCUT2D eigenvalue weighted by molar-refractivity contribution is 0.628. The van der Waals surface area contributed by atoms with Crippen LogP contribution in [0.1, 0.15) is 11.3 Å². The zero-order valence-electron chi connectivity index (χ0n) is 13.0. The fourth-order valence-corrected chi connectivity index (χ4v) is 3.04. The van der Waals surface area contributed by atoms with Gasteiger partial charge >= 0.3 is 0 Å². The lowest BCUT2D eigenvalue weighted by Gasteiger charge is -2.18. The largest absolute Gasteiger partial charge is 0.324 e. The summed E-state index contributed by atoms with van der Waals surface area (Å²) in [6.07, 6.45) is 7.36. The highest BCUT2D eigenvalue weighted by Gasteiger charge is 2.20. The first-order chi connectivity index (χ1) is 11.7. The summed E-state index contributed by atoms with van der Waals surface area (Å²) < 4.78 is 13.0. The number of benzene rings is 1. The minimum absolute atomic E-state index is 0.275. The smallest absolute Gasteiger partial charge is 0.227 e. The summed E-state index contributed by atoms with van der Waals surface area (Å²) in [7, 11) is 0. The molecule has 4 rings (SSSR count). The second-order valence-corrected chi connectivity index (χ2v) is 6.19. The van der Waals surface area contributed by atoms with Crippen LogP contribution >= 0.6 is 11.8 Å². The van der Waals surface area contributed by atoms with E-state index in [1.807, 2.05) is 18.6 Å². The van der Waals surface area contributed by atoms with Gasteiger partial charge in [0, 0.05) is 23.6 Å². The Hall–Kier alpha value is -2.54. The van der Waals surface area contributed by atoms with Gasteiger partial charge in [-0.1, -0.05) is 11.8 Å². The van der Waals surface area contributed by atoms with Gasteiger partial charge in [-0.25, -0.2) is 24.3 Å². The molecule has 0 spiro atoms. The van der Waals surface area contributed by atoms with E-state index in [4.69, 9.17) is 0 Å². The fourth-order valence-electron chi connectivity index (χ4n) is 2.68. The molecule has 3 aromatic rings. The van der Waals surface area contributed by atoms with E-state index < -0.39 is 0 Å². The third-order valence-corrected chi connectivity index (χ3v) is 4.44. The van der Waals surface area contributed by atoms with Crippen molar-refractivity contribution < 1.29 is 4.39 Å². The van der Waals surface area contributed by atoms with Crippen molar-refractivity contribution in [2.24, 2.45) is 0 Å². The number of anilines is 2. The molecule has 2 heterocycles. The molecule has 0 saturated heterocycles. The number of hydrogen-bond acceptors (Lipinski definition) is 6. The van der Waals surface area contributed by atoms with Crippen LogP contribution in [0.15, 0.2) is 41.8 Å². The predicted molar refractivity (Wildman–Crippen MR) is 91.9 cm³/mol. The molecule has 0 amide bonds. The second-order valence-electron chi connectivity index (χ2n) is 5.42. The number of aryl methyl sites for hydroxylation is 2. The lowest BCUT2D eigenvalue weighted by Crippen LogP contribution is -2.11. The highest BCUT2D eigenvalue weighted by molar-refractivity contribution is 7.98. The monoisotopic (exact) mass is 339 g/mol. The molecule has 5 nitrogen and oxygen atoms in total. The summed E-state index contributed by atoms with van der Waals surface area (Å²) >= 11 is 1.53. The molecular formula is C17H14FN5S. The Morgan fingerprint density at radius 2 is 1.88 bits per heavy atom. The second kappa shape index (κ2) is 6.16. The number of hydrogen-bond donors (Lipinski definition) is 1. The molecule has 0 unspecified atom stereocenters. The third-order valence-electron chi connectivity index (χ3n) is 3.88. The van der Waals surface area contributed by atoms with Gasteiger partial charge in [-0.3, -0.25) is 0 Å². The van der Waals surface area contributed by atoms with Crippen molar-refractivity contribution >= 4 is 23.4 Å². The normalized spacial score (nSPS) is 12.4. The average Bonchev–Trinajstić information content (AvgIpc) is 2.63. The topological polar surface area (TPSA) is 63.6 Å². The molecule has 0 atom stereocenters. The Bertz CT molecular complexity index is 898. The lowest BCUT2D eigenvalue weighted by atomic mass is 9.95. The Morgan fingerprint density at radius 1 is 1.04 bits per heavy atom. The molecule has 7 heteroatoms. The number of nitrogens with zero attached hydrogens (tertiary/aromatic N) is 4. The van der Waals surface area contributed by atoms with Crippen LogP contribution in [-0.2, 0) is 12.8 Å². The SMILES string of the molecule is CSc1ncc2c(n1)CCc1cnc(Nc3ccc(F)cc3)nc1-2. The molecule has 1 aliphatic rings. The van der Waals surface area contributed by atoms with E-state index in [2.05, 4.69) is 25.3 Å². The summed E-state index contributed by atoms with van der Waals surface area (Å²) in [6, 6.07) is 6.10. The van der Waals surface area contributed by atoms with E-state index in [0.717, 1.165) is 46.2 Å². The summed E-state index contributed by atoms with van der Waals surface area (Å²) in [5, 5.41) is 3.87. The van der Waals surface area contributed by atoms with Gasteiger partial charge in [0.1, 0.15) is 5.82 Å². The van der Waals surface area contributed by atoms with Crippen molar-refractivity contribution in [3.8, 4) is 11.3 Å². The van der Waals surface area contributed by atoms with Crippen LogP contribution < -0.4 is 5.32 Å². The first-order valence-electron chi connectivity index (χ1n) is 7.52. The van der Waals surface area contributed by atoms with Crippen LogP contribution in [0.4, 0.5) is 16.0 Å². The molecule has 0 saturated carbocycles. The number of aromatic nitrogens is 4. The maximum absolute atomic E-state index is 13.0. The van der Waals surface area contributed by atoms with E-state index in [0.29, 0.717) is 5.95 Å². The minimum atomic E-state index is -0.275. The van der Waals surface area contributed by atoms with Crippen molar-refractivity contribution in [3.05, 3.63) is 53.7 Å². The quantitative estimate of drug-likeness (QED) is 0.581. The van der Waals surface area contributed by atoms with Crippen LogP contribution in [0, 0.1) is 5.82 Å². The van der Waals surface area contributed by atoms with Crippen LogP contribution in [0.25, 0.3) is 11.3 Å². The highest BCUT2D eigenvalue weighted by atomic mass is 32.2. The number of fused-ring (bicyclic) bond motifs is 3. The van der Waals surface area contributed by atoms with E-state index in [1.165, 1.54) is 23.9 Å². The van der Waals surface area contributed by atoms with Gasteiger partial charge in [0.05, 0.1) is 11.4 Å². The van der Waals surface area contributed by atoms with Gasteiger partial charge in [-0.05, 0) is 48.9 Å². The maximum atomic E-state index is 13.0. The van der Waals surface area contributed by atoms with E-state index in [9.17, 15) is 4.39 Å². The maximum Gasteiger partial charge on any atom is 0.227 e. The van der Waals surface area contributed by atoms with Crippen LogP contribution in [0.5, 0.6) is 0 Å². The molecule has 0 fully saturated rings. The average molecular weight is 339 g/mol. The molecular weight excluding hydrogens is 325 g/mol. The zero-order chi connectivity index (χ0) is 16.5. The molecule has 1 N–H and O–H groups in total. The summed E-state index contributed by atoms with van der Waals surface area (Å²) in [5.74, 6) is 0.199. The van der Waals surface area contributed by atoms with Crippen molar-refractivity contribution in [1.82, 2.24) is 19.9 Å². The van der Waals surface area contributed by atoms with Crippen molar-refractivity contribution in [1.29, 1.82) is 0 Å². The molecule has 1 aliphatic carbocycles. The summed E-state index contributed by atoms with van der Waals surface area (Å²) in [5.41, 5.74) is 4.67. The van der Waals surface area contributed by atoms with E-state index in [-0.39, 0.29) is 5.82 Å². The Morgan fingerprint density at radius 3 is 2.67 bits per heavy atom. The first kappa shape index (κ1) is 15.0. The van der Waals surface area contributed by atoms with Gasteiger partial charge in [0.15, 0.2) is 5.16 Å². The first-order valence-corrected chi connectivity index (χ1v) is 8.74. The number of nitrogens with one attached hydrogen (secondary N) is 1. The van der Waals surface area contributed by atoms with Gasteiger partial charge in [0.2, 0.25) is 5.95 Å². The molecule has 2 aromatic heterocycles. The van der Waals surface area contributed by atoms with Gasteiger partial charge in [0.25, 0.3) is 0 Å². The van der Waals surface area contributed by atoms with Gasteiger partial charge in [-0.2, -0.15) is 0 Å². The van der Waals surface area contributed by atoms with Crippen LogP contribution in [-0.4, -0.2) is 26.2 Å². The van der Waals surface area contributed by atoms with Crippen molar-refractivity contribution in [2.75, 3.05) is 11.6 Å². The van der Waals surface area contributed by atoms with Crippen molar-refractivity contribution in [2.45, 2.75) is 18.0 Å². The minimum Gasteiger partial charge on any atom is -0.324 e. The van der Waals surface area contributed by atoms with Gasteiger partial charge in [-0.15, -0.1) is 0 Å². The predicted octanol–water partition coefficient (Wildman–Crippen LogP) is 3.64. The number of halogens is 1. The molecule has 0 radical (unpaired) electrons. The van der Waals surface area contributed by atoms with Crippen molar-refractivity contribution in [3.63, 3.8) is 0 Å². The zero-order valence-corrected chi connectivity index (χ0v) is 13.8. The molecule has 24 heavy (non-hydrogen) atoms. The standard InChI is InChI=1S/C17H14FN5S/c1-24-17-20-9-13-14(22-17)7-2-10-8-19-16(23-15(10)13)21-12-5-3-11(18)4-6-12/h3-6,8-9H,2,7H2,1H3,(H,19,21,23).